The number of aromatic nitrogens is 2. The molecule has 1 heterocycles. The van der Waals surface area contributed by atoms with E-state index in [2.05, 4.69) is 31.4 Å². The van der Waals surface area contributed by atoms with E-state index in [0.717, 1.165) is 18.5 Å². The molecule has 162 valence electrons. The molecule has 3 rings (SSSR count). The highest BCUT2D eigenvalue weighted by atomic mass is 16.5. The summed E-state index contributed by atoms with van der Waals surface area (Å²) in [5.41, 5.74) is 1.18. The number of rotatable bonds is 6. The van der Waals surface area contributed by atoms with Crippen molar-refractivity contribution in [1.82, 2.24) is 9.78 Å². The summed E-state index contributed by atoms with van der Waals surface area (Å²) in [7, 11) is 0. The zero-order valence-corrected chi connectivity index (χ0v) is 18.7. The molecule has 0 spiro atoms. The molecule has 0 saturated heterocycles. The Labute approximate surface area is 178 Å². The standard InChI is InChI=1S/C23H32N4O3/c1-22(2,3)18-13-19(27(26-18)23(4,5)6)25-20(28)14-30-17-9-7-8-16(12-17)24-21(29)15-10-11-15/h7-9,12-13,15H,10-11,14H2,1-6H3,(H,24,29)(H,25,28). The molecule has 0 atom stereocenters. The molecule has 2 amide bonds. The number of benzene rings is 1. The van der Waals surface area contributed by atoms with E-state index in [-0.39, 0.29) is 35.3 Å². The number of hydrogen-bond donors (Lipinski definition) is 2. The fourth-order valence-electron chi connectivity index (χ4n) is 2.93. The third kappa shape index (κ3) is 5.62. The first kappa shape index (κ1) is 21.9. The Morgan fingerprint density at radius 1 is 1.10 bits per heavy atom. The molecule has 0 aliphatic heterocycles. The molecule has 7 heteroatoms. The molecular formula is C23H32N4O3. The maximum atomic E-state index is 12.5. The van der Waals surface area contributed by atoms with Gasteiger partial charge in [-0.15, -0.1) is 0 Å². The third-order valence-electron chi connectivity index (χ3n) is 4.80. The summed E-state index contributed by atoms with van der Waals surface area (Å²) < 4.78 is 7.48. The number of ether oxygens (including phenoxy) is 1. The molecule has 1 aliphatic carbocycles. The van der Waals surface area contributed by atoms with Crippen LogP contribution in [0.1, 0.15) is 60.1 Å². The summed E-state index contributed by atoms with van der Waals surface area (Å²) in [6.07, 6.45) is 1.90. The Morgan fingerprint density at radius 3 is 2.40 bits per heavy atom. The van der Waals surface area contributed by atoms with Gasteiger partial charge in [-0.1, -0.05) is 26.8 Å². The van der Waals surface area contributed by atoms with E-state index >= 15 is 0 Å². The number of nitrogens with one attached hydrogen (secondary N) is 2. The SMILES string of the molecule is CC(C)(C)c1cc(NC(=O)COc2cccc(NC(=O)C3CC3)c2)n(C(C)(C)C)n1. The van der Waals surface area contributed by atoms with Crippen LogP contribution in [-0.4, -0.2) is 28.2 Å². The Hall–Kier alpha value is -2.83. The molecule has 30 heavy (non-hydrogen) atoms. The van der Waals surface area contributed by atoms with Crippen molar-refractivity contribution in [2.75, 3.05) is 17.2 Å². The zero-order valence-electron chi connectivity index (χ0n) is 18.7. The van der Waals surface area contributed by atoms with Crippen LogP contribution in [0.25, 0.3) is 0 Å². The van der Waals surface area contributed by atoms with Gasteiger partial charge in [0.1, 0.15) is 11.6 Å². The molecule has 2 N–H and O–H groups in total. The van der Waals surface area contributed by atoms with Gasteiger partial charge in [0.15, 0.2) is 6.61 Å². The maximum Gasteiger partial charge on any atom is 0.263 e. The van der Waals surface area contributed by atoms with Gasteiger partial charge in [-0.25, -0.2) is 4.68 Å². The van der Waals surface area contributed by atoms with Crippen LogP contribution in [0.3, 0.4) is 0 Å². The second-order valence-corrected chi connectivity index (χ2v) is 9.88. The molecule has 0 radical (unpaired) electrons. The molecule has 0 bridgehead atoms. The van der Waals surface area contributed by atoms with Crippen molar-refractivity contribution in [2.45, 2.75) is 65.3 Å². The lowest BCUT2D eigenvalue weighted by Gasteiger charge is -2.23. The van der Waals surface area contributed by atoms with E-state index in [1.807, 2.05) is 37.6 Å². The quantitative estimate of drug-likeness (QED) is 0.741. The van der Waals surface area contributed by atoms with Gasteiger partial charge in [-0.05, 0) is 45.7 Å². The normalized spacial score (nSPS) is 14.3. The molecule has 1 fully saturated rings. The monoisotopic (exact) mass is 412 g/mol. The van der Waals surface area contributed by atoms with Gasteiger partial charge >= 0.3 is 0 Å². The van der Waals surface area contributed by atoms with E-state index in [4.69, 9.17) is 9.84 Å². The summed E-state index contributed by atoms with van der Waals surface area (Å²) in [6, 6.07) is 9.00. The summed E-state index contributed by atoms with van der Waals surface area (Å²) in [5, 5.41) is 10.5. The fraction of sp³-hybridized carbons (Fsp3) is 0.522. The van der Waals surface area contributed by atoms with E-state index in [0.29, 0.717) is 17.3 Å². The summed E-state index contributed by atoms with van der Waals surface area (Å²) in [4.78, 5) is 24.5. The van der Waals surface area contributed by atoms with E-state index in [9.17, 15) is 9.59 Å². The lowest BCUT2D eigenvalue weighted by molar-refractivity contribution is -0.118. The van der Waals surface area contributed by atoms with Crippen molar-refractivity contribution < 1.29 is 14.3 Å². The Kier molecular flexibility index (Phi) is 5.92. The molecule has 0 unspecified atom stereocenters. The highest BCUT2D eigenvalue weighted by molar-refractivity contribution is 5.94. The highest BCUT2D eigenvalue weighted by Crippen LogP contribution is 2.31. The minimum Gasteiger partial charge on any atom is -0.484 e. The van der Waals surface area contributed by atoms with Gasteiger partial charge in [0, 0.05) is 29.2 Å². The van der Waals surface area contributed by atoms with Crippen molar-refractivity contribution in [3.8, 4) is 5.75 Å². The average molecular weight is 413 g/mol. The smallest absolute Gasteiger partial charge is 0.263 e. The first-order chi connectivity index (χ1) is 13.9. The molecule has 1 saturated carbocycles. The topological polar surface area (TPSA) is 85.3 Å². The van der Waals surface area contributed by atoms with Gasteiger partial charge in [0.25, 0.3) is 5.91 Å². The maximum absolute atomic E-state index is 12.5. The number of carbonyl (C=O) groups is 2. The van der Waals surface area contributed by atoms with Crippen molar-refractivity contribution in [3.05, 3.63) is 36.0 Å². The number of nitrogens with zero attached hydrogens (tertiary/aromatic N) is 2. The van der Waals surface area contributed by atoms with Gasteiger partial charge in [-0.2, -0.15) is 5.10 Å². The molecule has 7 nitrogen and oxygen atoms in total. The lowest BCUT2D eigenvalue weighted by Crippen LogP contribution is -2.28. The Morgan fingerprint density at radius 2 is 1.80 bits per heavy atom. The van der Waals surface area contributed by atoms with Crippen LogP contribution in [0, 0.1) is 5.92 Å². The van der Waals surface area contributed by atoms with Crippen LogP contribution >= 0.6 is 0 Å². The number of amides is 2. The van der Waals surface area contributed by atoms with Crippen LogP contribution in [0.15, 0.2) is 30.3 Å². The number of hydrogen-bond acceptors (Lipinski definition) is 4. The van der Waals surface area contributed by atoms with E-state index in [1.165, 1.54) is 0 Å². The van der Waals surface area contributed by atoms with Gasteiger partial charge < -0.3 is 15.4 Å². The van der Waals surface area contributed by atoms with E-state index in [1.54, 1.807) is 18.2 Å². The van der Waals surface area contributed by atoms with Gasteiger partial charge in [-0.3, -0.25) is 9.59 Å². The third-order valence-corrected chi connectivity index (χ3v) is 4.80. The molecule has 2 aromatic rings. The fourth-order valence-corrected chi connectivity index (χ4v) is 2.93. The van der Waals surface area contributed by atoms with Crippen molar-refractivity contribution in [2.24, 2.45) is 5.92 Å². The van der Waals surface area contributed by atoms with Crippen LogP contribution in [0.2, 0.25) is 0 Å². The largest absolute Gasteiger partial charge is 0.484 e. The zero-order chi connectivity index (χ0) is 22.1. The molecule has 1 aromatic carbocycles. The average Bonchev–Trinajstić information content (AvgIpc) is 3.38. The first-order valence-electron chi connectivity index (χ1n) is 10.4. The van der Waals surface area contributed by atoms with Crippen LogP contribution < -0.4 is 15.4 Å². The molecule has 1 aliphatic rings. The van der Waals surface area contributed by atoms with Crippen LogP contribution in [-0.2, 0) is 20.5 Å². The Bertz CT molecular complexity index is 931. The number of carbonyl (C=O) groups excluding carboxylic acids is 2. The first-order valence-corrected chi connectivity index (χ1v) is 10.4. The van der Waals surface area contributed by atoms with Crippen molar-refractivity contribution in [1.29, 1.82) is 0 Å². The highest BCUT2D eigenvalue weighted by Gasteiger charge is 2.29. The Balaban J connectivity index is 1.63. The summed E-state index contributed by atoms with van der Waals surface area (Å²) in [6.45, 7) is 12.3. The second kappa shape index (κ2) is 8.13. The van der Waals surface area contributed by atoms with Gasteiger partial charge in [0.2, 0.25) is 5.91 Å². The molecular weight excluding hydrogens is 380 g/mol. The van der Waals surface area contributed by atoms with Crippen molar-refractivity contribution >= 4 is 23.3 Å². The predicted molar refractivity (Wildman–Crippen MR) is 118 cm³/mol. The summed E-state index contributed by atoms with van der Waals surface area (Å²) >= 11 is 0. The van der Waals surface area contributed by atoms with Crippen LogP contribution in [0.4, 0.5) is 11.5 Å². The minimum absolute atomic E-state index is 0.0370. The minimum atomic E-state index is -0.277. The van der Waals surface area contributed by atoms with Gasteiger partial charge in [0.05, 0.1) is 11.2 Å². The summed E-state index contributed by atoms with van der Waals surface area (Å²) in [5.74, 6) is 1.07. The predicted octanol–water partition coefficient (Wildman–Crippen LogP) is 4.30. The molecule has 1 aromatic heterocycles. The second-order valence-electron chi connectivity index (χ2n) is 9.88. The van der Waals surface area contributed by atoms with E-state index < -0.39 is 0 Å². The van der Waals surface area contributed by atoms with Crippen LogP contribution in [0.5, 0.6) is 5.75 Å². The number of anilines is 2. The van der Waals surface area contributed by atoms with Crippen molar-refractivity contribution in [3.63, 3.8) is 0 Å². The lowest BCUT2D eigenvalue weighted by atomic mass is 9.92.